The van der Waals surface area contributed by atoms with Gasteiger partial charge in [0.1, 0.15) is 5.82 Å². The highest BCUT2D eigenvalue weighted by Crippen LogP contribution is 2.25. The summed E-state index contributed by atoms with van der Waals surface area (Å²) in [6.07, 6.45) is 1.70. The summed E-state index contributed by atoms with van der Waals surface area (Å²) in [6, 6.07) is 9.61. The Morgan fingerprint density at radius 3 is 2.82 bits per heavy atom. The van der Waals surface area contributed by atoms with Gasteiger partial charge in [0.05, 0.1) is 27.9 Å². The Hall–Kier alpha value is -2.40. The fraction of sp³-hybridized carbons (Fsp3) is 0.125. The van der Waals surface area contributed by atoms with Gasteiger partial charge in [0.2, 0.25) is 0 Å². The number of aromatic nitrogens is 2. The van der Waals surface area contributed by atoms with E-state index >= 15 is 0 Å². The van der Waals surface area contributed by atoms with E-state index in [-0.39, 0.29) is 10.6 Å². The average molecular weight is 318 g/mol. The van der Waals surface area contributed by atoms with Gasteiger partial charge < -0.3 is 9.47 Å². The third kappa shape index (κ3) is 2.33. The van der Waals surface area contributed by atoms with Gasteiger partial charge in [-0.15, -0.1) is 0 Å². The first-order chi connectivity index (χ1) is 10.5. The van der Waals surface area contributed by atoms with Gasteiger partial charge in [-0.2, -0.15) is 0 Å². The van der Waals surface area contributed by atoms with Gasteiger partial charge in [-0.05, 0) is 30.3 Å². The van der Waals surface area contributed by atoms with Crippen LogP contribution in [0.2, 0.25) is 5.02 Å². The van der Waals surface area contributed by atoms with E-state index in [4.69, 9.17) is 11.6 Å². The van der Waals surface area contributed by atoms with Gasteiger partial charge in [0, 0.05) is 19.8 Å². The van der Waals surface area contributed by atoms with Crippen LogP contribution in [-0.2, 0) is 7.05 Å². The fourth-order valence-corrected chi connectivity index (χ4v) is 2.56. The maximum Gasteiger partial charge on any atom is 0.262 e. The van der Waals surface area contributed by atoms with E-state index in [9.17, 15) is 9.18 Å². The summed E-state index contributed by atoms with van der Waals surface area (Å²) < 4.78 is 15.8. The van der Waals surface area contributed by atoms with Crippen molar-refractivity contribution in [3.8, 4) is 0 Å². The van der Waals surface area contributed by atoms with E-state index in [1.54, 1.807) is 25.5 Å². The summed E-state index contributed by atoms with van der Waals surface area (Å²) in [5.41, 5.74) is 2.20. The smallest absolute Gasteiger partial charge is 0.262 e. The second kappa shape index (κ2) is 5.42. The molecule has 0 aliphatic carbocycles. The zero-order valence-corrected chi connectivity index (χ0v) is 12.8. The van der Waals surface area contributed by atoms with Crippen LogP contribution in [0.4, 0.5) is 10.1 Å². The van der Waals surface area contributed by atoms with Crippen LogP contribution in [0.15, 0.2) is 42.7 Å². The molecule has 0 unspecified atom stereocenters. The van der Waals surface area contributed by atoms with Crippen molar-refractivity contribution in [1.29, 1.82) is 0 Å². The Morgan fingerprint density at radius 2 is 2.09 bits per heavy atom. The number of carbonyl (C=O) groups is 1. The Morgan fingerprint density at radius 1 is 1.32 bits per heavy atom. The van der Waals surface area contributed by atoms with Gasteiger partial charge in [-0.1, -0.05) is 17.7 Å². The van der Waals surface area contributed by atoms with Gasteiger partial charge >= 0.3 is 0 Å². The number of aryl methyl sites for hydroxylation is 1. The number of hydrogen-bond acceptors (Lipinski definition) is 2. The van der Waals surface area contributed by atoms with Crippen LogP contribution >= 0.6 is 11.6 Å². The third-order valence-electron chi connectivity index (χ3n) is 3.58. The monoisotopic (exact) mass is 317 g/mol. The molecule has 3 aromatic rings. The van der Waals surface area contributed by atoms with Gasteiger partial charge in [0.15, 0.2) is 0 Å². The van der Waals surface area contributed by atoms with Crippen molar-refractivity contribution in [1.82, 2.24) is 9.55 Å². The van der Waals surface area contributed by atoms with Crippen molar-refractivity contribution in [2.75, 3.05) is 11.9 Å². The van der Waals surface area contributed by atoms with Gasteiger partial charge in [0.25, 0.3) is 5.91 Å². The number of imidazole rings is 1. The van der Waals surface area contributed by atoms with E-state index in [0.717, 1.165) is 11.0 Å². The molecule has 0 atom stereocenters. The first-order valence-corrected chi connectivity index (χ1v) is 7.00. The zero-order valence-electron chi connectivity index (χ0n) is 12.0. The average Bonchev–Trinajstić information content (AvgIpc) is 2.87. The number of carbonyl (C=O) groups excluding carboxylic acids is 1. The summed E-state index contributed by atoms with van der Waals surface area (Å²) in [4.78, 5) is 18.1. The normalized spacial score (nSPS) is 10.9. The lowest BCUT2D eigenvalue weighted by Gasteiger charge is -2.18. The second-order valence-corrected chi connectivity index (χ2v) is 5.40. The molecule has 22 heavy (non-hydrogen) atoms. The van der Waals surface area contributed by atoms with Crippen LogP contribution in [-0.4, -0.2) is 22.5 Å². The van der Waals surface area contributed by atoms with Crippen molar-refractivity contribution in [3.63, 3.8) is 0 Å². The molecule has 112 valence electrons. The van der Waals surface area contributed by atoms with Gasteiger partial charge in [-0.3, -0.25) is 4.79 Å². The Balaban J connectivity index is 2.01. The van der Waals surface area contributed by atoms with E-state index in [0.29, 0.717) is 5.69 Å². The van der Waals surface area contributed by atoms with Crippen LogP contribution in [0.3, 0.4) is 0 Å². The van der Waals surface area contributed by atoms with Crippen LogP contribution < -0.4 is 4.90 Å². The van der Waals surface area contributed by atoms with Crippen molar-refractivity contribution in [2.24, 2.45) is 7.05 Å². The lowest BCUT2D eigenvalue weighted by atomic mass is 10.1. The van der Waals surface area contributed by atoms with Gasteiger partial charge in [-0.25, -0.2) is 9.37 Å². The topological polar surface area (TPSA) is 38.1 Å². The SMILES string of the molecule is CN(C(=O)c1c(F)cccc1Cl)c1ccc2c(c1)ncn2C. The van der Waals surface area contributed by atoms with E-state index in [1.807, 2.05) is 17.7 Å². The van der Waals surface area contributed by atoms with Crippen molar-refractivity contribution < 1.29 is 9.18 Å². The molecule has 6 heteroatoms. The molecule has 2 aromatic carbocycles. The Kier molecular flexibility index (Phi) is 3.58. The maximum absolute atomic E-state index is 13.9. The van der Waals surface area contributed by atoms with Crippen molar-refractivity contribution in [2.45, 2.75) is 0 Å². The van der Waals surface area contributed by atoms with E-state index < -0.39 is 11.7 Å². The minimum absolute atomic E-state index is 0.0933. The molecule has 1 amide bonds. The standard InChI is InChI=1S/C16H13ClFN3O/c1-20-9-19-13-8-10(6-7-14(13)20)21(2)16(22)15-11(17)4-3-5-12(15)18/h3-9H,1-2H3. The van der Waals surface area contributed by atoms with Crippen LogP contribution in [0.1, 0.15) is 10.4 Å². The number of benzene rings is 2. The van der Waals surface area contributed by atoms with Crippen molar-refractivity contribution in [3.05, 3.63) is 59.1 Å². The second-order valence-electron chi connectivity index (χ2n) is 4.99. The Bertz CT molecular complexity index is 855. The molecular weight excluding hydrogens is 305 g/mol. The number of nitrogens with zero attached hydrogens (tertiary/aromatic N) is 3. The molecule has 1 heterocycles. The Labute approximate surface area is 131 Å². The molecule has 0 aliphatic heterocycles. The molecule has 3 rings (SSSR count). The number of fused-ring (bicyclic) bond motifs is 1. The zero-order chi connectivity index (χ0) is 15.9. The quantitative estimate of drug-likeness (QED) is 0.723. The first kappa shape index (κ1) is 14.5. The van der Waals surface area contributed by atoms with Crippen LogP contribution in [0.5, 0.6) is 0 Å². The predicted octanol–water partition coefficient (Wildman–Crippen LogP) is 3.64. The molecule has 0 saturated carbocycles. The molecule has 4 nitrogen and oxygen atoms in total. The molecule has 0 aliphatic rings. The summed E-state index contributed by atoms with van der Waals surface area (Å²) in [6.45, 7) is 0. The lowest BCUT2D eigenvalue weighted by molar-refractivity contribution is 0.0989. The molecule has 0 spiro atoms. The van der Waals surface area contributed by atoms with E-state index in [1.165, 1.54) is 23.1 Å². The number of anilines is 1. The minimum Gasteiger partial charge on any atom is -0.334 e. The lowest BCUT2D eigenvalue weighted by Crippen LogP contribution is -2.27. The highest BCUT2D eigenvalue weighted by atomic mass is 35.5. The van der Waals surface area contributed by atoms with Crippen LogP contribution in [0.25, 0.3) is 11.0 Å². The largest absolute Gasteiger partial charge is 0.334 e. The van der Waals surface area contributed by atoms with Crippen molar-refractivity contribution >= 4 is 34.2 Å². The molecule has 0 fully saturated rings. The minimum atomic E-state index is -0.636. The number of halogens is 2. The van der Waals surface area contributed by atoms with Crippen LogP contribution in [0, 0.1) is 5.82 Å². The summed E-state index contributed by atoms with van der Waals surface area (Å²) >= 11 is 5.95. The number of amides is 1. The maximum atomic E-state index is 13.9. The molecule has 0 saturated heterocycles. The van der Waals surface area contributed by atoms with E-state index in [2.05, 4.69) is 4.98 Å². The predicted molar refractivity (Wildman–Crippen MR) is 84.9 cm³/mol. The third-order valence-corrected chi connectivity index (χ3v) is 3.89. The highest BCUT2D eigenvalue weighted by Gasteiger charge is 2.21. The highest BCUT2D eigenvalue weighted by molar-refractivity contribution is 6.34. The summed E-state index contributed by atoms with van der Waals surface area (Å²) in [5.74, 6) is -1.14. The number of hydrogen-bond donors (Lipinski definition) is 0. The fourth-order valence-electron chi connectivity index (χ4n) is 2.32. The first-order valence-electron chi connectivity index (χ1n) is 6.62. The molecule has 1 aromatic heterocycles. The molecular formula is C16H13ClFN3O. The summed E-state index contributed by atoms with van der Waals surface area (Å²) in [5, 5.41) is 0.0933. The molecule has 0 radical (unpaired) electrons. The summed E-state index contributed by atoms with van der Waals surface area (Å²) in [7, 11) is 3.47. The molecule has 0 N–H and O–H groups in total. The molecule has 0 bridgehead atoms. The number of rotatable bonds is 2.